The molecule has 1 heteroatoms. The molecule has 0 aromatic heterocycles. The van der Waals surface area contributed by atoms with Crippen LogP contribution >= 0.6 is 0 Å². The molecule has 0 spiro atoms. The van der Waals surface area contributed by atoms with Crippen LogP contribution in [0.4, 0.5) is 0 Å². The molecular weight excluding hydrogens is 232 g/mol. The van der Waals surface area contributed by atoms with Crippen molar-refractivity contribution in [1.29, 1.82) is 0 Å². The van der Waals surface area contributed by atoms with Crippen molar-refractivity contribution in [2.45, 2.75) is 68.7 Å². The number of aliphatic hydroxyl groups excluding tert-OH is 1. The van der Waals surface area contributed by atoms with Crippen molar-refractivity contribution in [3.63, 3.8) is 0 Å². The third kappa shape index (κ3) is 4.80. The first-order chi connectivity index (χ1) is 8.57. The lowest BCUT2D eigenvalue weighted by Gasteiger charge is -2.28. The molecule has 0 heterocycles. The van der Waals surface area contributed by atoms with E-state index >= 15 is 0 Å². The third-order valence-corrected chi connectivity index (χ3v) is 4.48. The zero-order valence-electron chi connectivity index (χ0n) is 14.5. The Labute approximate surface area is 120 Å². The summed E-state index contributed by atoms with van der Waals surface area (Å²) in [7, 11) is 0. The molecule has 1 N–H and O–H groups in total. The lowest BCUT2D eigenvalue weighted by Crippen LogP contribution is -2.15. The van der Waals surface area contributed by atoms with Gasteiger partial charge in [-0.05, 0) is 48.7 Å². The molecule has 1 nitrogen and oxygen atoms in total. The average molecular weight is 266 g/mol. The average Bonchev–Trinajstić information content (AvgIpc) is 2.27. The number of aliphatic hydroxyl groups is 1. The van der Waals surface area contributed by atoms with E-state index in [1.165, 1.54) is 16.7 Å². The molecule has 0 aliphatic heterocycles. The molecule has 0 aromatic carbocycles. The van der Waals surface area contributed by atoms with E-state index in [2.05, 4.69) is 62.3 Å². The molecule has 1 unspecified atom stereocenters. The Bertz CT molecular complexity index is 350. The molecule has 0 bridgehead atoms. The highest BCUT2D eigenvalue weighted by Gasteiger charge is 2.21. The van der Waals surface area contributed by atoms with E-state index in [-0.39, 0.29) is 12.0 Å². The molecular formula is C18H34O. The van der Waals surface area contributed by atoms with E-state index in [0.29, 0.717) is 11.8 Å². The van der Waals surface area contributed by atoms with E-state index in [1.54, 1.807) is 0 Å². The summed E-state index contributed by atoms with van der Waals surface area (Å²) in [6.07, 6.45) is 1.04. The van der Waals surface area contributed by atoms with Gasteiger partial charge in [0.1, 0.15) is 0 Å². The first-order valence-corrected chi connectivity index (χ1v) is 7.58. The Kier molecular flexibility index (Phi) is 7.07. The van der Waals surface area contributed by atoms with E-state index in [4.69, 9.17) is 0 Å². The fourth-order valence-corrected chi connectivity index (χ4v) is 2.85. The third-order valence-electron chi connectivity index (χ3n) is 4.48. The maximum Gasteiger partial charge on any atom is 0.0683 e. The zero-order valence-corrected chi connectivity index (χ0v) is 14.5. The normalized spacial score (nSPS) is 17.2. The molecule has 0 aliphatic rings. The van der Waals surface area contributed by atoms with Gasteiger partial charge in [-0.1, -0.05) is 59.6 Å². The van der Waals surface area contributed by atoms with Crippen LogP contribution < -0.4 is 0 Å². The van der Waals surface area contributed by atoms with Crippen LogP contribution in [-0.2, 0) is 0 Å². The van der Waals surface area contributed by atoms with Crippen molar-refractivity contribution in [3.8, 4) is 0 Å². The lowest BCUT2D eigenvalue weighted by molar-refractivity contribution is 0.327. The maximum absolute atomic E-state index is 9.82. The molecule has 0 rings (SSSR count). The second-order valence-electron chi connectivity index (χ2n) is 7.06. The molecule has 0 radical (unpaired) electrons. The van der Waals surface area contributed by atoms with Crippen LogP contribution in [0.2, 0.25) is 0 Å². The molecule has 1 atom stereocenters. The fraction of sp³-hybridized carbons (Fsp3) is 0.778. The second-order valence-corrected chi connectivity index (χ2v) is 7.06. The van der Waals surface area contributed by atoms with Crippen LogP contribution in [0.1, 0.15) is 68.7 Å². The second kappa shape index (κ2) is 7.28. The lowest BCUT2D eigenvalue weighted by atomic mass is 9.78. The van der Waals surface area contributed by atoms with E-state index < -0.39 is 0 Å². The largest absolute Gasteiger partial charge is 0.392 e. The van der Waals surface area contributed by atoms with Gasteiger partial charge in [0.05, 0.1) is 6.61 Å². The molecule has 112 valence electrons. The topological polar surface area (TPSA) is 20.2 Å². The smallest absolute Gasteiger partial charge is 0.0683 e. The summed E-state index contributed by atoms with van der Waals surface area (Å²) in [6.45, 7) is 20.2. The zero-order chi connectivity index (χ0) is 15.4. The molecule has 19 heavy (non-hydrogen) atoms. The quantitative estimate of drug-likeness (QED) is 0.664. The first-order valence-electron chi connectivity index (χ1n) is 7.58. The molecule has 0 aliphatic carbocycles. The highest BCUT2D eigenvalue weighted by Crippen LogP contribution is 2.35. The molecule has 0 fully saturated rings. The number of hydrogen-bond donors (Lipinski definition) is 1. The van der Waals surface area contributed by atoms with E-state index in [0.717, 1.165) is 12.0 Å². The van der Waals surface area contributed by atoms with Gasteiger partial charge in [-0.2, -0.15) is 0 Å². The monoisotopic (exact) mass is 266 g/mol. The number of hydrogen-bond acceptors (Lipinski definition) is 1. The minimum Gasteiger partial charge on any atom is -0.392 e. The van der Waals surface area contributed by atoms with Crippen molar-refractivity contribution in [2.75, 3.05) is 6.61 Å². The van der Waals surface area contributed by atoms with Crippen LogP contribution in [0.5, 0.6) is 0 Å². The standard InChI is InChI=1S/C18H34O/c1-10-17(18(7,8)9)15(6)16(11-19)14(5)13(4)12(2)3/h12-13,19H,10-11H2,1-9H3/b16-14-,17-15+. The van der Waals surface area contributed by atoms with Gasteiger partial charge in [0, 0.05) is 0 Å². The van der Waals surface area contributed by atoms with Gasteiger partial charge >= 0.3 is 0 Å². The Morgan fingerprint density at radius 2 is 1.53 bits per heavy atom. The summed E-state index contributed by atoms with van der Waals surface area (Å²) >= 11 is 0. The SMILES string of the molecule is CC/C(=C(C)\C(CO)=C(\C)C(C)C(C)C)C(C)(C)C. The predicted molar refractivity (Wildman–Crippen MR) is 86.2 cm³/mol. The maximum atomic E-state index is 9.82. The van der Waals surface area contributed by atoms with Gasteiger partial charge in [0.2, 0.25) is 0 Å². The first kappa shape index (κ1) is 18.4. The van der Waals surface area contributed by atoms with Crippen molar-refractivity contribution in [2.24, 2.45) is 17.3 Å². The summed E-state index contributed by atoms with van der Waals surface area (Å²) in [4.78, 5) is 0. The van der Waals surface area contributed by atoms with Gasteiger partial charge in [0.25, 0.3) is 0 Å². The van der Waals surface area contributed by atoms with Crippen LogP contribution in [0, 0.1) is 17.3 Å². The summed E-state index contributed by atoms with van der Waals surface area (Å²) in [5.41, 5.74) is 5.40. The molecule has 0 saturated carbocycles. The van der Waals surface area contributed by atoms with Gasteiger partial charge < -0.3 is 5.11 Å². The van der Waals surface area contributed by atoms with Crippen LogP contribution in [-0.4, -0.2) is 11.7 Å². The van der Waals surface area contributed by atoms with Gasteiger partial charge in [-0.3, -0.25) is 0 Å². The number of allylic oxidation sites excluding steroid dienone is 2. The Morgan fingerprint density at radius 1 is 1.05 bits per heavy atom. The highest BCUT2D eigenvalue weighted by atomic mass is 16.3. The minimum absolute atomic E-state index is 0.147. The molecule has 0 amide bonds. The Morgan fingerprint density at radius 3 is 1.79 bits per heavy atom. The molecule has 0 aromatic rings. The minimum atomic E-state index is 0.147. The summed E-state index contributed by atoms with van der Waals surface area (Å²) in [6, 6.07) is 0. The van der Waals surface area contributed by atoms with Crippen LogP contribution in [0.25, 0.3) is 0 Å². The van der Waals surface area contributed by atoms with Crippen molar-refractivity contribution in [1.82, 2.24) is 0 Å². The summed E-state index contributed by atoms with van der Waals surface area (Å²) in [5, 5.41) is 9.82. The predicted octanol–water partition coefficient (Wildman–Crippen LogP) is 5.36. The van der Waals surface area contributed by atoms with Gasteiger partial charge in [-0.25, -0.2) is 0 Å². The summed E-state index contributed by atoms with van der Waals surface area (Å²) in [5.74, 6) is 1.12. The van der Waals surface area contributed by atoms with Crippen LogP contribution in [0.3, 0.4) is 0 Å². The van der Waals surface area contributed by atoms with Gasteiger partial charge in [-0.15, -0.1) is 0 Å². The Hall–Kier alpha value is -0.560. The van der Waals surface area contributed by atoms with Crippen molar-refractivity contribution >= 4 is 0 Å². The van der Waals surface area contributed by atoms with E-state index in [9.17, 15) is 5.11 Å². The van der Waals surface area contributed by atoms with Crippen molar-refractivity contribution in [3.05, 3.63) is 22.3 Å². The van der Waals surface area contributed by atoms with Crippen LogP contribution in [0.15, 0.2) is 22.3 Å². The Balaban J connectivity index is 5.84. The van der Waals surface area contributed by atoms with Crippen molar-refractivity contribution < 1.29 is 5.11 Å². The highest BCUT2D eigenvalue weighted by molar-refractivity contribution is 5.40. The van der Waals surface area contributed by atoms with E-state index in [1.807, 2.05) is 0 Å². The van der Waals surface area contributed by atoms with Gasteiger partial charge in [0.15, 0.2) is 0 Å². The summed E-state index contributed by atoms with van der Waals surface area (Å²) < 4.78 is 0. The fourth-order valence-electron chi connectivity index (χ4n) is 2.85. The molecule has 0 saturated heterocycles. The number of rotatable bonds is 5.